The van der Waals surface area contributed by atoms with Crippen LogP contribution in [0.5, 0.6) is 0 Å². The van der Waals surface area contributed by atoms with Gasteiger partial charge in [-0.3, -0.25) is 0 Å². The summed E-state index contributed by atoms with van der Waals surface area (Å²) in [5, 5.41) is 9.88. The molecule has 0 aromatic carbocycles. The molecule has 1 rings (SSSR count). The van der Waals surface area contributed by atoms with Gasteiger partial charge in [0, 0.05) is 6.54 Å². The fourth-order valence-corrected chi connectivity index (χ4v) is 1.30. The molecule has 0 saturated carbocycles. The van der Waals surface area contributed by atoms with Gasteiger partial charge in [0.2, 0.25) is 0 Å². The van der Waals surface area contributed by atoms with Crippen LogP contribution < -0.4 is 24.3 Å². The van der Waals surface area contributed by atoms with E-state index in [9.17, 15) is 9.59 Å². The van der Waals surface area contributed by atoms with Crippen molar-refractivity contribution in [2.24, 2.45) is 0 Å². The molecule has 2 N–H and O–H groups in total. The van der Waals surface area contributed by atoms with Crippen LogP contribution in [-0.2, 0) is 9.53 Å². The average molecular weight is 224 g/mol. The molecule has 0 spiro atoms. The summed E-state index contributed by atoms with van der Waals surface area (Å²) in [6.07, 6.45) is -0.249. The number of carboxylic acid groups (broad SMARTS) is 1. The van der Waals surface area contributed by atoms with E-state index < -0.39 is 23.7 Å². The number of carbonyl (C=O) groups excluding carboxylic acids is 1. The zero-order valence-electron chi connectivity index (χ0n) is 11.1. The summed E-state index contributed by atoms with van der Waals surface area (Å²) in [5.74, 6) is -1.02. The first-order valence-corrected chi connectivity index (χ1v) is 4.80. The second-order valence-electron chi connectivity index (χ2n) is 4.40. The van der Waals surface area contributed by atoms with Crippen molar-refractivity contribution < 1.29 is 39.7 Å². The standard InChI is InChI=1S/C9H16N2O4.Li.H/c1-9(2,3)15-8(14)11-6(7(12)13)4-5-10-11;;/h6,10H,4-5H2,1-3H3,(H,12,13);;/q;+1;-1/t6-;;/m0../s1. The Kier molecular flexibility index (Phi) is 5.33. The molecule has 1 aliphatic rings. The first kappa shape index (κ1) is 15.3. The van der Waals surface area contributed by atoms with E-state index in [-0.39, 0.29) is 20.3 Å². The third-order valence-corrected chi connectivity index (χ3v) is 1.89. The molecule has 1 fully saturated rings. The smallest absolute Gasteiger partial charge is 1.00 e. The van der Waals surface area contributed by atoms with Crippen molar-refractivity contribution in [3.8, 4) is 0 Å². The summed E-state index contributed by atoms with van der Waals surface area (Å²) in [6, 6.07) is -0.833. The number of rotatable bonds is 1. The number of nitrogens with zero attached hydrogens (tertiary/aromatic N) is 1. The molecule has 0 bridgehead atoms. The van der Waals surface area contributed by atoms with Crippen molar-refractivity contribution in [1.29, 1.82) is 0 Å². The summed E-state index contributed by atoms with van der Waals surface area (Å²) in [6.45, 7) is 5.67. The van der Waals surface area contributed by atoms with Gasteiger partial charge in [0.15, 0.2) is 6.04 Å². The Morgan fingerprint density at radius 3 is 2.50 bits per heavy atom. The van der Waals surface area contributed by atoms with Crippen molar-refractivity contribution in [1.82, 2.24) is 10.4 Å². The van der Waals surface area contributed by atoms with Crippen molar-refractivity contribution in [3.05, 3.63) is 0 Å². The Bertz CT molecular complexity index is 283. The topological polar surface area (TPSA) is 78.9 Å². The summed E-state index contributed by atoms with van der Waals surface area (Å²) in [4.78, 5) is 22.3. The van der Waals surface area contributed by atoms with E-state index in [1.807, 2.05) is 0 Å². The SMILES string of the molecule is CC(C)(C)OC(=O)N1NCC[C@H]1C(=O)O.[H-].[Li+]. The Morgan fingerprint density at radius 1 is 1.50 bits per heavy atom. The van der Waals surface area contributed by atoms with Crippen LogP contribution in [0.25, 0.3) is 0 Å². The van der Waals surface area contributed by atoms with E-state index >= 15 is 0 Å². The molecule has 88 valence electrons. The molecular formula is C9H17LiN2O4. The molecule has 1 saturated heterocycles. The maximum absolute atomic E-state index is 11.6. The van der Waals surface area contributed by atoms with E-state index in [2.05, 4.69) is 5.43 Å². The summed E-state index contributed by atoms with van der Waals surface area (Å²) >= 11 is 0. The Morgan fingerprint density at radius 2 is 2.06 bits per heavy atom. The minimum absolute atomic E-state index is 0. The average Bonchev–Trinajstić information content (AvgIpc) is 2.47. The van der Waals surface area contributed by atoms with E-state index in [4.69, 9.17) is 9.84 Å². The van der Waals surface area contributed by atoms with Gasteiger partial charge in [0.25, 0.3) is 0 Å². The number of nitrogens with one attached hydrogen (secondary N) is 1. The number of hydrazine groups is 1. The quantitative estimate of drug-likeness (QED) is 0.490. The van der Waals surface area contributed by atoms with Crippen LogP contribution in [0.1, 0.15) is 28.6 Å². The molecule has 6 nitrogen and oxygen atoms in total. The van der Waals surface area contributed by atoms with E-state index in [0.717, 1.165) is 5.01 Å². The number of amides is 1. The fraction of sp³-hybridized carbons (Fsp3) is 0.778. The van der Waals surface area contributed by atoms with Crippen LogP contribution in [0.4, 0.5) is 4.79 Å². The van der Waals surface area contributed by atoms with Crippen LogP contribution in [0.3, 0.4) is 0 Å². The number of hydrogen-bond donors (Lipinski definition) is 2. The molecule has 0 aromatic rings. The van der Waals surface area contributed by atoms with Crippen molar-refractivity contribution in [3.63, 3.8) is 0 Å². The van der Waals surface area contributed by atoms with Crippen LogP contribution in [-0.4, -0.2) is 40.4 Å². The molecule has 0 unspecified atom stereocenters. The predicted octanol–water partition coefficient (Wildman–Crippen LogP) is -2.30. The van der Waals surface area contributed by atoms with Gasteiger partial charge in [-0.05, 0) is 27.2 Å². The molecule has 1 amide bonds. The molecule has 7 heteroatoms. The maximum atomic E-state index is 11.6. The van der Waals surface area contributed by atoms with Gasteiger partial charge in [-0.15, -0.1) is 0 Å². The molecule has 1 heterocycles. The zero-order valence-corrected chi connectivity index (χ0v) is 10.1. The second-order valence-corrected chi connectivity index (χ2v) is 4.40. The van der Waals surface area contributed by atoms with Crippen molar-refractivity contribution >= 4 is 12.1 Å². The van der Waals surface area contributed by atoms with Crippen molar-refractivity contribution in [2.45, 2.75) is 38.8 Å². The molecule has 16 heavy (non-hydrogen) atoms. The number of ether oxygens (including phenoxy) is 1. The minimum Gasteiger partial charge on any atom is -1.00 e. The normalized spacial score (nSPS) is 20.2. The zero-order chi connectivity index (χ0) is 11.6. The third-order valence-electron chi connectivity index (χ3n) is 1.89. The molecule has 1 atom stereocenters. The van der Waals surface area contributed by atoms with Gasteiger partial charge in [-0.25, -0.2) is 20.0 Å². The first-order valence-electron chi connectivity index (χ1n) is 4.80. The second kappa shape index (κ2) is 5.57. The Hall–Kier alpha value is -0.703. The molecule has 0 aliphatic carbocycles. The third kappa shape index (κ3) is 4.04. The van der Waals surface area contributed by atoms with Gasteiger partial charge in [-0.1, -0.05) is 0 Å². The van der Waals surface area contributed by atoms with Gasteiger partial charge in [0.05, 0.1) is 0 Å². The van der Waals surface area contributed by atoms with E-state index in [1.54, 1.807) is 20.8 Å². The summed E-state index contributed by atoms with van der Waals surface area (Å²) < 4.78 is 5.06. The molecule has 0 radical (unpaired) electrons. The summed E-state index contributed by atoms with van der Waals surface area (Å²) in [7, 11) is 0. The minimum atomic E-state index is -1.02. The van der Waals surface area contributed by atoms with Gasteiger partial charge in [-0.2, -0.15) is 0 Å². The van der Waals surface area contributed by atoms with Gasteiger partial charge >= 0.3 is 30.9 Å². The largest absolute Gasteiger partial charge is 1.00 e. The number of hydrogen-bond acceptors (Lipinski definition) is 4. The van der Waals surface area contributed by atoms with E-state index in [0.29, 0.717) is 13.0 Å². The van der Waals surface area contributed by atoms with Crippen LogP contribution in [0, 0.1) is 0 Å². The van der Waals surface area contributed by atoms with Gasteiger partial charge in [0.1, 0.15) is 5.60 Å². The number of aliphatic carboxylic acids is 1. The predicted molar refractivity (Wildman–Crippen MR) is 53.2 cm³/mol. The van der Waals surface area contributed by atoms with Crippen molar-refractivity contribution in [2.75, 3.05) is 6.54 Å². The number of carboxylic acids is 1. The van der Waals surface area contributed by atoms with Gasteiger partial charge < -0.3 is 11.3 Å². The van der Waals surface area contributed by atoms with Crippen LogP contribution >= 0.6 is 0 Å². The summed E-state index contributed by atoms with van der Waals surface area (Å²) in [5.41, 5.74) is 2.07. The Labute approximate surface area is 108 Å². The number of carbonyl (C=O) groups is 2. The maximum Gasteiger partial charge on any atom is 1.00 e. The first-order chi connectivity index (χ1) is 6.81. The van der Waals surface area contributed by atoms with E-state index in [1.165, 1.54) is 0 Å². The Balaban J connectivity index is 0. The van der Waals surface area contributed by atoms with Crippen LogP contribution in [0.15, 0.2) is 0 Å². The molecule has 0 aromatic heterocycles. The molecular weight excluding hydrogens is 207 g/mol. The molecule has 1 aliphatic heterocycles. The van der Waals surface area contributed by atoms with Crippen LogP contribution in [0.2, 0.25) is 0 Å². The monoisotopic (exact) mass is 224 g/mol. The fourth-order valence-electron chi connectivity index (χ4n) is 1.30.